The van der Waals surface area contributed by atoms with Crippen molar-refractivity contribution in [2.75, 3.05) is 7.05 Å². The van der Waals surface area contributed by atoms with Crippen molar-refractivity contribution in [3.8, 4) is 5.75 Å². The third-order valence-corrected chi connectivity index (χ3v) is 2.28. The number of hydrogen-bond donors (Lipinski definition) is 3. The second-order valence-electron chi connectivity index (χ2n) is 3.72. The molecule has 1 unspecified atom stereocenters. The van der Waals surface area contributed by atoms with E-state index < -0.39 is 23.9 Å². The summed E-state index contributed by atoms with van der Waals surface area (Å²) < 4.78 is 5.31. The fourth-order valence-electron chi connectivity index (χ4n) is 1.23. The molecule has 0 aliphatic rings. The molecule has 7 nitrogen and oxygen atoms in total. The van der Waals surface area contributed by atoms with Crippen molar-refractivity contribution >= 4 is 17.8 Å². The van der Waals surface area contributed by atoms with E-state index in [0.717, 1.165) is 0 Å². The average molecular weight is 265 g/mol. The number of urea groups is 1. The standard InChI is InChI=1S/C12H15N3O4/c1-7(11(17)15-12(18)14-2)19-9-5-3-8(4-6-9)10(13)16/h3-7H,1-2H3,(H2,13,16)(H2,14,15,17,18). The van der Waals surface area contributed by atoms with Crippen LogP contribution >= 0.6 is 0 Å². The van der Waals surface area contributed by atoms with E-state index in [-0.39, 0.29) is 0 Å². The van der Waals surface area contributed by atoms with Gasteiger partial charge in [0, 0.05) is 12.6 Å². The summed E-state index contributed by atoms with van der Waals surface area (Å²) in [5, 5.41) is 4.35. The molecule has 4 amide bonds. The molecule has 0 aliphatic carbocycles. The summed E-state index contributed by atoms with van der Waals surface area (Å²) in [6, 6.07) is 5.40. The van der Waals surface area contributed by atoms with Crippen LogP contribution in [0.5, 0.6) is 5.75 Å². The minimum atomic E-state index is -0.850. The molecular formula is C12H15N3O4. The first kappa shape index (κ1) is 14.5. The van der Waals surface area contributed by atoms with Crippen LogP contribution in [0.25, 0.3) is 0 Å². The van der Waals surface area contributed by atoms with Gasteiger partial charge in [0.25, 0.3) is 5.91 Å². The number of benzene rings is 1. The van der Waals surface area contributed by atoms with E-state index in [1.807, 2.05) is 0 Å². The summed E-state index contributed by atoms with van der Waals surface area (Å²) in [7, 11) is 1.40. The molecule has 0 aliphatic heterocycles. The third kappa shape index (κ3) is 4.30. The molecule has 4 N–H and O–H groups in total. The first-order valence-corrected chi connectivity index (χ1v) is 5.53. The van der Waals surface area contributed by atoms with Crippen molar-refractivity contribution in [2.45, 2.75) is 13.0 Å². The molecule has 0 saturated heterocycles. The van der Waals surface area contributed by atoms with Gasteiger partial charge in [-0.15, -0.1) is 0 Å². The van der Waals surface area contributed by atoms with Gasteiger partial charge in [0.05, 0.1) is 0 Å². The van der Waals surface area contributed by atoms with E-state index in [4.69, 9.17) is 10.5 Å². The van der Waals surface area contributed by atoms with Gasteiger partial charge in [-0.1, -0.05) is 0 Å². The molecule has 102 valence electrons. The molecule has 1 aromatic carbocycles. The maximum atomic E-state index is 11.5. The number of amides is 4. The Hall–Kier alpha value is -2.57. The highest BCUT2D eigenvalue weighted by Crippen LogP contribution is 2.13. The average Bonchev–Trinajstić information content (AvgIpc) is 2.38. The number of carbonyl (C=O) groups excluding carboxylic acids is 3. The highest BCUT2D eigenvalue weighted by atomic mass is 16.5. The van der Waals surface area contributed by atoms with E-state index in [2.05, 4.69) is 10.6 Å². The fourth-order valence-corrected chi connectivity index (χ4v) is 1.23. The lowest BCUT2D eigenvalue weighted by Gasteiger charge is -2.14. The van der Waals surface area contributed by atoms with Gasteiger partial charge in [0.2, 0.25) is 5.91 Å². The van der Waals surface area contributed by atoms with Crippen molar-refractivity contribution in [3.63, 3.8) is 0 Å². The molecular weight excluding hydrogens is 250 g/mol. The molecule has 0 aromatic heterocycles. The van der Waals surface area contributed by atoms with Crippen LogP contribution in [0, 0.1) is 0 Å². The van der Waals surface area contributed by atoms with Gasteiger partial charge in [0.15, 0.2) is 6.10 Å². The molecule has 0 fully saturated rings. The highest BCUT2D eigenvalue weighted by molar-refractivity contribution is 5.96. The molecule has 0 saturated carbocycles. The Labute approximate surface area is 110 Å². The van der Waals surface area contributed by atoms with Gasteiger partial charge >= 0.3 is 6.03 Å². The number of nitrogens with two attached hydrogens (primary N) is 1. The zero-order valence-corrected chi connectivity index (χ0v) is 10.6. The lowest BCUT2D eigenvalue weighted by atomic mass is 10.2. The summed E-state index contributed by atoms with van der Waals surface area (Å²) in [5.41, 5.74) is 5.44. The van der Waals surface area contributed by atoms with Crippen molar-refractivity contribution in [2.24, 2.45) is 5.73 Å². The van der Waals surface area contributed by atoms with E-state index in [0.29, 0.717) is 11.3 Å². The van der Waals surface area contributed by atoms with Gasteiger partial charge < -0.3 is 15.8 Å². The van der Waals surface area contributed by atoms with Crippen LogP contribution in [0.2, 0.25) is 0 Å². The minimum Gasteiger partial charge on any atom is -0.481 e. The number of imide groups is 1. The minimum absolute atomic E-state index is 0.342. The fraction of sp³-hybridized carbons (Fsp3) is 0.250. The zero-order valence-electron chi connectivity index (χ0n) is 10.6. The van der Waals surface area contributed by atoms with Crippen LogP contribution in [-0.4, -0.2) is 31.0 Å². The van der Waals surface area contributed by atoms with Crippen molar-refractivity contribution in [1.82, 2.24) is 10.6 Å². The number of rotatable bonds is 4. The maximum absolute atomic E-state index is 11.5. The molecule has 1 atom stereocenters. The van der Waals surface area contributed by atoms with Crippen LogP contribution in [0.4, 0.5) is 4.79 Å². The molecule has 1 rings (SSSR count). The molecule has 1 aromatic rings. The van der Waals surface area contributed by atoms with E-state index in [1.165, 1.54) is 38.2 Å². The van der Waals surface area contributed by atoms with Gasteiger partial charge in [-0.05, 0) is 31.2 Å². The number of primary amides is 1. The van der Waals surface area contributed by atoms with Crippen molar-refractivity contribution < 1.29 is 19.1 Å². The number of carbonyl (C=O) groups is 3. The first-order chi connectivity index (χ1) is 8.93. The van der Waals surface area contributed by atoms with E-state index in [9.17, 15) is 14.4 Å². The number of ether oxygens (including phenoxy) is 1. The number of nitrogens with one attached hydrogen (secondary N) is 2. The van der Waals surface area contributed by atoms with Gasteiger partial charge in [-0.3, -0.25) is 14.9 Å². The predicted octanol–water partition coefficient (Wildman–Crippen LogP) is 0.00840. The monoisotopic (exact) mass is 265 g/mol. The van der Waals surface area contributed by atoms with Crippen molar-refractivity contribution in [1.29, 1.82) is 0 Å². The Kier molecular flexibility index (Phi) is 4.87. The Morgan fingerprint density at radius 1 is 1.21 bits per heavy atom. The number of hydrogen-bond acceptors (Lipinski definition) is 4. The first-order valence-electron chi connectivity index (χ1n) is 5.53. The topological polar surface area (TPSA) is 111 Å². The summed E-state index contributed by atoms with van der Waals surface area (Å²) in [6.45, 7) is 1.50. The lowest BCUT2D eigenvalue weighted by Crippen LogP contribution is -2.43. The summed E-state index contributed by atoms with van der Waals surface area (Å²) in [4.78, 5) is 33.3. The van der Waals surface area contributed by atoms with Crippen LogP contribution in [0.1, 0.15) is 17.3 Å². The maximum Gasteiger partial charge on any atom is 0.321 e. The molecule has 7 heteroatoms. The zero-order chi connectivity index (χ0) is 14.4. The van der Waals surface area contributed by atoms with Crippen LogP contribution in [-0.2, 0) is 4.79 Å². The van der Waals surface area contributed by atoms with Gasteiger partial charge in [-0.2, -0.15) is 0 Å². The molecule has 0 spiro atoms. The Balaban J connectivity index is 2.61. The van der Waals surface area contributed by atoms with E-state index in [1.54, 1.807) is 0 Å². The summed E-state index contributed by atoms with van der Waals surface area (Å²) in [6.07, 6.45) is -0.850. The van der Waals surface area contributed by atoms with Gasteiger partial charge in [-0.25, -0.2) is 4.79 Å². The Morgan fingerprint density at radius 2 is 1.79 bits per heavy atom. The SMILES string of the molecule is CNC(=O)NC(=O)C(C)Oc1ccc(C(N)=O)cc1. The van der Waals surface area contributed by atoms with Crippen molar-refractivity contribution in [3.05, 3.63) is 29.8 Å². The third-order valence-electron chi connectivity index (χ3n) is 2.28. The van der Waals surface area contributed by atoms with Gasteiger partial charge in [0.1, 0.15) is 5.75 Å². The smallest absolute Gasteiger partial charge is 0.321 e. The largest absolute Gasteiger partial charge is 0.481 e. The predicted molar refractivity (Wildman–Crippen MR) is 67.6 cm³/mol. The summed E-state index contributed by atoms with van der Waals surface area (Å²) in [5.74, 6) is -0.722. The van der Waals surface area contributed by atoms with E-state index >= 15 is 0 Å². The van der Waals surface area contributed by atoms with Crippen LogP contribution in [0.15, 0.2) is 24.3 Å². The Morgan fingerprint density at radius 3 is 2.26 bits per heavy atom. The second kappa shape index (κ2) is 6.39. The summed E-state index contributed by atoms with van der Waals surface area (Å²) >= 11 is 0. The van der Waals surface area contributed by atoms with Crippen LogP contribution < -0.4 is 21.1 Å². The quantitative estimate of drug-likeness (QED) is 0.712. The Bertz CT molecular complexity index is 484. The molecule has 0 heterocycles. The molecule has 0 radical (unpaired) electrons. The van der Waals surface area contributed by atoms with Crippen LogP contribution in [0.3, 0.4) is 0 Å². The second-order valence-corrected chi connectivity index (χ2v) is 3.72. The normalized spacial score (nSPS) is 11.3. The highest BCUT2D eigenvalue weighted by Gasteiger charge is 2.16. The molecule has 0 bridgehead atoms. The molecule has 19 heavy (non-hydrogen) atoms. The lowest BCUT2D eigenvalue weighted by molar-refractivity contribution is -0.126.